The fraction of sp³-hybridized carbons (Fsp3) is 0.500. The fourth-order valence-electron chi connectivity index (χ4n) is 2.79. The molecule has 1 unspecified atom stereocenters. The molecule has 0 aromatic heterocycles. The first kappa shape index (κ1) is 18.7. The lowest BCUT2D eigenvalue weighted by Gasteiger charge is -2.23. The number of nitrogens with one attached hydrogen (secondary N) is 1. The summed E-state index contributed by atoms with van der Waals surface area (Å²) in [5, 5.41) is 3.31. The van der Waals surface area contributed by atoms with E-state index in [-0.39, 0.29) is 42.3 Å². The maximum Gasteiger partial charge on any atom is 0.223 e. The van der Waals surface area contributed by atoms with Crippen LogP contribution in [0.1, 0.15) is 25.3 Å². The largest absolute Gasteiger partial charge is 0.352 e. The maximum absolute atomic E-state index is 12.0. The molecule has 2 rings (SSSR count). The number of benzene rings is 1. The van der Waals surface area contributed by atoms with Gasteiger partial charge >= 0.3 is 0 Å². The maximum atomic E-state index is 12.0. The van der Waals surface area contributed by atoms with Crippen molar-refractivity contribution in [3.63, 3.8) is 0 Å². The van der Waals surface area contributed by atoms with Crippen LogP contribution < -0.4 is 10.2 Å². The van der Waals surface area contributed by atoms with Crippen molar-refractivity contribution in [2.75, 3.05) is 23.0 Å². The first-order valence-corrected chi connectivity index (χ1v) is 9.92. The monoisotopic (exact) mass is 372 g/mol. The van der Waals surface area contributed by atoms with E-state index in [1.54, 1.807) is 18.2 Å². The Hall–Kier alpha value is -1.60. The first-order valence-electron chi connectivity index (χ1n) is 7.72. The van der Waals surface area contributed by atoms with Crippen LogP contribution in [0.5, 0.6) is 0 Å². The van der Waals surface area contributed by atoms with E-state index in [1.165, 1.54) is 11.8 Å². The van der Waals surface area contributed by atoms with Gasteiger partial charge in [0.25, 0.3) is 0 Å². The van der Waals surface area contributed by atoms with E-state index in [0.29, 0.717) is 17.1 Å². The number of hydrogen-bond acceptors (Lipinski definition) is 4. The molecule has 0 saturated carbocycles. The van der Waals surface area contributed by atoms with E-state index < -0.39 is 9.84 Å². The Kier molecular flexibility index (Phi) is 5.87. The van der Waals surface area contributed by atoms with Gasteiger partial charge in [-0.05, 0) is 37.1 Å². The highest BCUT2D eigenvalue weighted by atomic mass is 35.5. The minimum Gasteiger partial charge on any atom is -0.352 e. The topological polar surface area (TPSA) is 83.6 Å². The number of carbonyl (C=O) groups is 2. The molecule has 1 saturated heterocycles. The van der Waals surface area contributed by atoms with Crippen molar-refractivity contribution in [2.45, 2.75) is 32.7 Å². The molecular weight excluding hydrogens is 352 g/mol. The van der Waals surface area contributed by atoms with Gasteiger partial charge < -0.3 is 10.2 Å². The molecule has 2 amide bonds. The van der Waals surface area contributed by atoms with Crippen LogP contribution in [-0.2, 0) is 19.4 Å². The molecule has 8 heteroatoms. The Bertz CT molecular complexity index is 748. The smallest absolute Gasteiger partial charge is 0.223 e. The predicted molar refractivity (Wildman–Crippen MR) is 94.0 cm³/mol. The van der Waals surface area contributed by atoms with Crippen LogP contribution in [0.2, 0.25) is 5.02 Å². The normalized spacial score (nSPS) is 19.0. The summed E-state index contributed by atoms with van der Waals surface area (Å²) in [5.41, 5.74) is 1.56. The molecule has 0 radical (unpaired) electrons. The molecule has 1 aromatic carbocycles. The quantitative estimate of drug-likeness (QED) is 0.852. The van der Waals surface area contributed by atoms with E-state index in [2.05, 4.69) is 5.32 Å². The van der Waals surface area contributed by atoms with Crippen LogP contribution in [0.15, 0.2) is 18.2 Å². The van der Waals surface area contributed by atoms with Crippen molar-refractivity contribution < 1.29 is 18.0 Å². The molecule has 0 spiro atoms. The van der Waals surface area contributed by atoms with Gasteiger partial charge in [0, 0.05) is 36.6 Å². The Balaban J connectivity index is 1.96. The Morgan fingerprint density at radius 3 is 2.62 bits per heavy atom. The fourth-order valence-corrected chi connectivity index (χ4v) is 4.69. The number of hydrogen-bond donors (Lipinski definition) is 1. The average Bonchev–Trinajstić information content (AvgIpc) is 2.79. The van der Waals surface area contributed by atoms with Gasteiger partial charge in [0.15, 0.2) is 9.84 Å². The van der Waals surface area contributed by atoms with Crippen LogP contribution >= 0.6 is 11.6 Å². The van der Waals surface area contributed by atoms with Gasteiger partial charge in [0.2, 0.25) is 11.8 Å². The summed E-state index contributed by atoms with van der Waals surface area (Å²) in [4.78, 5) is 25.5. The van der Waals surface area contributed by atoms with Crippen molar-refractivity contribution in [2.24, 2.45) is 0 Å². The van der Waals surface area contributed by atoms with Gasteiger partial charge in [-0.25, -0.2) is 8.42 Å². The van der Waals surface area contributed by atoms with Gasteiger partial charge in [-0.1, -0.05) is 11.6 Å². The second-order valence-electron chi connectivity index (χ2n) is 6.02. The molecule has 1 aliphatic rings. The Labute approximate surface area is 147 Å². The molecule has 0 bridgehead atoms. The Morgan fingerprint density at radius 1 is 1.38 bits per heavy atom. The standard InChI is InChI=1S/C16H21ClN2O4S/c1-11-9-13(17)3-4-15(11)19(12(2)20)7-5-16(21)18-14-6-8-24(22,23)10-14/h3-4,9,14H,5-8,10H2,1-2H3,(H,18,21). The Morgan fingerprint density at radius 2 is 2.08 bits per heavy atom. The highest BCUT2D eigenvalue weighted by Gasteiger charge is 2.29. The lowest BCUT2D eigenvalue weighted by molar-refractivity contribution is -0.121. The molecule has 1 fully saturated rings. The van der Waals surface area contributed by atoms with Crippen LogP contribution in [0.4, 0.5) is 5.69 Å². The van der Waals surface area contributed by atoms with E-state index in [0.717, 1.165) is 5.56 Å². The summed E-state index contributed by atoms with van der Waals surface area (Å²) in [6, 6.07) is 4.88. The summed E-state index contributed by atoms with van der Waals surface area (Å²) in [6.45, 7) is 3.51. The lowest BCUT2D eigenvalue weighted by Crippen LogP contribution is -2.39. The van der Waals surface area contributed by atoms with Gasteiger partial charge in [-0.3, -0.25) is 9.59 Å². The van der Waals surface area contributed by atoms with Gasteiger partial charge in [-0.15, -0.1) is 0 Å². The number of carbonyl (C=O) groups excluding carboxylic acids is 2. The predicted octanol–water partition coefficient (Wildman–Crippen LogP) is 1.69. The average molecular weight is 373 g/mol. The summed E-state index contributed by atoms with van der Waals surface area (Å²) in [7, 11) is -3.03. The minimum absolute atomic E-state index is 0.00848. The first-order chi connectivity index (χ1) is 11.2. The van der Waals surface area contributed by atoms with E-state index in [1.807, 2.05) is 6.92 Å². The molecule has 1 N–H and O–H groups in total. The van der Waals surface area contributed by atoms with Crippen LogP contribution in [0.25, 0.3) is 0 Å². The van der Waals surface area contributed by atoms with Crippen LogP contribution in [-0.4, -0.2) is 44.3 Å². The molecule has 1 heterocycles. The third kappa shape index (κ3) is 4.95. The van der Waals surface area contributed by atoms with Crippen molar-refractivity contribution in [1.82, 2.24) is 5.32 Å². The zero-order valence-corrected chi connectivity index (χ0v) is 15.3. The molecule has 1 atom stereocenters. The zero-order chi connectivity index (χ0) is 17.9. The minimum atomic E-state index is -3.03. The summed E-state index contributed by atoms with van der Waals surface area (Å²) < 4.78 is 22.8. The number of halogens is 1. The lowest BCUT2D eigenvalue weighted by atomic mass is 10.1. The summed E-state index contributed by atoms with van der Waals surface area (Å²) in [5.74, 6) is -0.320. The molecule has 132 valence electrons. The molecule has 6 nitrogen and oxygen atoms in total. The third-order valence-corrected chi connectivity index (χ3v) is 5.99. The summed E-state index contributed by atoms with van der Waals surface area (Å²) >= 11 is 5.93. The molecular formula is C16H21ClN2O4S. The SMILES string of the molecule is CC(=O)N(CCC(=O)NC1CCS(=O)(=O)C1)c1ccc(Cl)cc1C. The molecule has 1 aliphatic heterocycles. The van der Waals surface area contributed by atoms with Gasteiger partial charge in [-0.2, -0.15) is 0 Å². The zero-order valence-electron chi connectivity index (χ0n) is 13.7. The number of nitrogens with zero attached hydrogens (tertiary/aromatic N) is 1. The highest BCUT2D eigenvalue weighted by molar-refractivity contribution is 7.91. The molecule has 1 aromatic rings. The van der Waals surface area contributed by atoms with Gasteiger partial charge in [0.1, 0.15) is 0 Å². The van der Waals surface area contributed by atoms with E-state index >= 15 is 0 Å². The number of sulfone groups is 1. The van der Waals surface area contributed by atoms with Crippen molar-refractivity contribution in [1.29, 1.82) is 0 Å². The van der Waals surface area contributed by atoms with E-state index in [4.69, 9.17) is 11.6 Å². The number of anilines is 1. The van der Waals surface area contributed by atoms with Crippen LogP contribution in [0, 0.1) is 6.92 Å². The van der Waals surface area contributed by atoms with Crippen molar-refractivity contribution in [3.05, 3.63) is 28.8 Å². The number of aryl methyl sites for hydroxylation is 1. The third-order valence-electron chi connectivity index (χ3n) is 3.99. The summed E-state index contributed by atoms with van der Waals surface area (Å²) in [6.07, 6.45) is 0.555. The van der Waals surface area contributed by atoms with Crippen LogP contribution in [0.3, 0.4) is 0 Å². The highest BCUT2D eigenvalue weighted by Crippen LogP contribution is 2.24. The van der Waals surface area contributed by atoms with Crippen molar-refractivity contribution in [3.8, 4) is 0 Å². The number of rotatable bonds is 5. The molecule has 24 heavy (non-hydrogen) atoms. The second kappa shape index (κ2) is 7.53. The molecule has 0 aliphatic carbocycles. The number of amides is 2. The van der Waals surface area contributed by atoms with Crippen molar-refractivity contribution >= 4 is 38.9 Å². The van der Waals surface area contributed by atoms with Gasteiger partial charge in [0.05, 0.1) is 11.5 Å². The second-order valence-corrected chi connectivity index (χ2v) is 8.68. The van der Waals surface area contributed by atoms with E-state index in [9.17, 15) is 18.0 Å².